The van der Waals surface area contributed by atoms with Gasteiger partial charge in [-0.05, 0) is 12.8 Å². The number of rotatable bonds is 6. The molecule has 23 heavy (non-hydrogen) atoms. The zero-order valence-electron chi connectivity index (χ0n) is 15.0. The van der Waals surface area contributed by atoms with Crippen molar-refractivity contribution in [3.05, 3.63) is 18.0 Å². The first-order chi connectivity index (χ1) is 11.2. The largest absolute Gasteiger partial charge is 0.370 e. The summed E-state index contributed by atoms with van der Waals surface area (Å²) < 4.78 is 7.75. The lowest BCUT2D eigenvalue weighted by molar-refractivity contribution is -0.00806. The van der Waals surface area contributed by atoms with Crippen LogP contribution in [-0.2, 0) is 11.8 Å². The molecule has 1 atom stereocenters. The number of morpholine rings is 1. The molecule has 1 aromatic heterocycles. The molecule has 6 nitrogen and oxygen atoms in total. The molecule has 0 aliphatic carbocycles. The average molecular weight is 321 g/mol. The maximum atomic E-state index is 5.93. The normalized spacial score (nSPS) is 19.4. The highest BCUT2D eigenvalue weighted by atomic mass is 16.5. The monoisotopic (exact) mass is 321 g/mol. The van der Waals surface area contributed by atoms with E-state index in [0.29, 0.717) is 5.92 Å². The van der Waals surface area contributed by atoms with Gasteiger partial charge in [0.1, 0.15) is 6.10 Å². The van der Waals surface area contributed by atoms with Gasteiger partial charge in [-0.2, -0.15) is 5.10 Å². The predicted molar refractivity (Wildman–Crippen MR) is 93.5 cm³/mol. The van der Waals surface area contributed by atoms with Crippen molar-refractivity contribution in [2.45, 2.75) is 39.7 Å². The van der Waals surface area contributed by atoms with Gasteiger partial charge in [0, 0.05) is 38.4 Å². The molecular formula is C17H31N5O. The van der Waals surface area contributed by atoms with Gasteiger partial charge in [0.25, 0.3) is 0 Å². The summed E-state index contributed by atoms with van der Waals surface area (Å²) in [6.45, 7) is 10.8. The highest BCUT2D eigenvalue weighted by Gasteiger charge is 2.25. The Labute approximate surface area is 139 Å². The molecule has 1 saturated heterocycles. The molecule has 0 aromatic carbocycles. The second-order valence-corrected chi connectivity index (χ2v) is 6.13. The molecule has 1 aliphatic rings. The van der Waals surface area contributed by atoms with Gasteiger partial charge in [-0.3, -0.25) is 9.67 Å². The maximum absolute atomic E-state index is 5.93. The van der Waals surface area contributed by atoms with Gasteiger partial charge in [-0.1, -0.05) is 26.7 Å². The highest BCUT2D eigenvalue weighted by Crippen LogP contribution is 2.21. The molecular weight excluding hydrogens is 290 g/mol. The fourth-order valence-corrected chi connectivity index (χ4v) is 2.84. The van der Waals surface area contributed by atoms with E-state index in [0.717, 1.165) is 44.3 Å². The first-order valence-electron chi connectivity index (χ1n) is 8.81. The molecule has 0 bridgehead atoms. The van der Waals surface area contributed by atoms with Gasteiger partial charge in [-0.15, -0.1) is 0 Å². The van der Waals surface area contributed by atoms with E-state index < -0.39 is 0 Å². The van der Waals surface area contributed by atoms with Crippen molar-refractivity contribution in [1.29, 1.82) is 0 Å². The Hall–Kier alpha value is -1.56. The number of aliphatic imine (C=N–C) groups is 1. The quantitative estimate of drug-likeness (QED) is 0.645. The Bertz CT molecular complexity index is 495. The standard InChI is InChI=1S/C17H31N5O/c1-5-14(6-2)10-19-17(18-7-3)22-8-9-23-16(13-22)15-11-20-21(4)12-15/h11-12,14,16H,5-10,13H2,1-4H3,(H,18,19). The van der Waals surface area contributed by atoms with Crippen molar-refractivity contribution in [2.75, 3.05) is 32.8 Å². The Balaban J connectivity index is 2.04. The zero-order chi connectivity index (χ0) is 16.7. The smallest absolute Gasteiger partial charge is 0.194 e. The summed E-state index contributed by atoms with van der Waals surface area (Å²) in [6.07, 6.45) is 6.35. The Kier molecular flexibility index (Phi) is 6.89. The first-order valence-corrected chi connectivity index (χ1v) is 8.81. The fourth-order valence-electron chi connectivity index (χ4n) is 2.84. The van der Waals surface area contributed by atoms with Crippen LogP contribution < -0.4 is 5.32 Å². The lowest BCUT2D eigenvalue weighted by Crippen LogP contribution is -2.48. The van der Waals surface area contributed by atoms with Crippen LogP contribution in [-0.4, -0.2) is 53.4 Å². The van der Waals surface area contributed by atoms with Gasteiger partial charge in [0.2, 0.25) is 0 Å². The molecule has 0 spiro atoms. The average Bonchev–Trinajstić information content (AvgIpc) is 3.01. The van der Waals surface area contributed by atoms with E-state index in [4.69, 9.17) is 9.73 Å². The van der Waals surface area contributed by atoms with Crippen LogP contribution in [0.4, 0.5) is 0 Å². The van der Waals surface area contributed by atoms with Crippen LogP contribution in [0, 0.1) is 5.92 Å². The van der Waals surface area contributed by atoms with Crippen molar-refractivity contribution in [3.63, 3.8) is 0 Å². The summed E-state index contributed by atoms with van der Waals surface area (Å²) in [7, 11) is 1.94. The van der Waals surface area contributed by atoms with E-state index in [-0.39, 0.29) is 6.10 Å². The summed E-state index contributed by atoms with van der Waals surface area (Å²) in [5, 5.41) is 7.68. The minimum atomic E-state index is 0.0643. The zero-order valence-corrected chi connectivity index (χ0v) is 15.0. The number of nitrogens with zero attached hydrogens (tertiary/aromatic N) is 4. The van der Waals surface area contributed by atoms with Crippen molar-refractivity contribution in [1.82, 2.24) is 20.0 Å². The van der Waals surface area contributed by atoms with E-state index in [1.54, 1.807) is 0 Å². The molecule has 1 unspecified atom stereocenters. The van der Waals surface area contributed by atoms with Crippen LogP contribution >= 0.6 is 0 Å². The fraction of sp³-hybridized carbons (Fsp3) is 0.765. The van der Waals surface area contributed by atoms with Crippen LogP contribution in [0.2, 0.25) is 0 Å². The summed E-state index contributed by atoms with van der Waals surface area (Å²) in [6, 6.07) is 0. The highest BCUT2D eigenvalue weighted by molar-refractivity contribution is 5.80. The number of nitrogens with one attached hydrogen (secondary N) is 1. The molecule has 0 amide bonds. The minimum absolute atomic E-state index is 0.0643. The summed E-state index contributed by atoms with van der Waals surface area (Å²) in [5.41, 5.74) is 1.13. The third-order valence-electron chi connectivity index (χ3n) is 4.45. The van der Waals surface area contributed by atoms with Crippen LogP contribution in [0.1, 0.15) is 45.3 Å². The molecule has 1 aliphatic heterocycles. The molecule has 130 valence electrons. The van der Waals surface area contributed by atoms with Crippen LogP contribution in [0.15, 0.2) is 17.4 Å². The third kappa shape index (κ3) is 4.96. The third-order valence-corrected chi connectivity index (χ3v) is 4.45. The number of guanidine groups is 1. The second-order valence-electron chi connectivity index (χ2n) is 6.13. The minimum Gasteiger partial charge on any atom is -0.370 e. The van der Waals surface area contributed by atoms with Crippen LogP contribution in [0.25, 0.3) is 0 Å². The molecule has 1 fully saturated rings. The predicted octanol–water partition coefficient (Wildman–Crippen LogP) is 2.20. The van der Waals surface area contributed by atoms with Crippen molar-refractivity contribution < 1.29 is 4.74 Å². The van der Waals surface area contributed by atoms with E-state index in [1.807, 2.05) is 24.1 Å². The SMILES string of the molecule is CCNC(=NCC(CC)CC)N1CCOC(c2cnn(C)c2)C1. The van der Waals surface area contributed by atoms with Gasteiger partial charge in [0.15, 0.2) is 5.96 Å². The van der Waals surface area contributed by atoms with Crippen molar-refractivity contribution in [2.24, 2.45) is 18.0 Å². The molecule has 2 heterocycles. The Morgan fingerprint density at radius 1 is 1.43 bits per heavy atom. The molecule has 1 aromatic rings. The van der Waals surface area contributed by atoms with Gasteiger partial charge < -0.3 is 15.0 Å². The van der Waals surface area contributed by atoms with Crippen LogP contribution in [0.3, 0.4) is 0 Å². The molecule has 1 N–H and O–H groups in total. The van der Waals surface area contributed by atoms with Gasteiger partial charge in [0.05, 0.1) is 19.3 Å². The van der Waals surface area contributed by atoms with Crippen LogP contribution in [0.5, 0.6) is 0 Å². The number of hydrogen-bond acceptors (Lipinski definition) is 3. The maximum Gasteiger partial charge on any atom is 0.194 e. The molecule has 0 radical (unpaired) electrons. The van der Waals surface area contributed by atoms with E-state index in [9.17, 15) is 0 Å². The van der Waals surface area contributed by atoms with Crippen molar-refractivity contribution >= 4 is 5.96 Å². The van der Waals surface area contributed by atoms with E-state index in [2.05, 4.69) is 36.1 Å². The number of aromatic nitrogens is 2. The summed E-state index contributed by atoms with van der Waals surface area (Å²) >= 11 is 0. The number of ether oxygens (including phenoxy) is 1. The second kappa shape index (κ2) is 8.91. The Morgan fingerprint density at radius 3 is 2.83 bits per heavy atom. The van der Waals surface area contributed by atoms with E-state index >= 15 is 0 Å². The van der Waals surface area contributed by atoms with Crippen molar-refractivity contribution in [3.8, 4) is 0 Å². The summed E-state index contributed by atoms with van der Waals surface area (Å²) in [4.78, 5) is 7.18. The molecule has 6 heteroatoms. The van der Waals surface area contributed by atoms with Gasteiger partial charge in [-0.25, -0.2) is 0 Å². The topological polar surface area (TPSA) is 54.7 Å². The summed E-state index contributed by atoms with van der Waals surface area (Å²) in [5.74, 6) is 1.68. The molecule has 2 rings (SSSR count). The molecule has 0 saturated carbocycles. The Morgan fingerprint density at radius 2 is 2.22 bits per heavy atom. The number of aryl methyl sites for hydroxylation is 1. The lowest BCUT2D eigenvalue weighted by atomic mass is 10.0. The van der Waals surface area contributed by atoms with E-state index in [1.165, 1.54) is 12.8 Å². The van der Waals surface area contributed by atoms with Gasteiger partial charge >= 0.3 is 0 Å². The first kappa shape index (κ1) is 17.8. The number of hydrogen-bond donors (Lipinski definition) is 1. The lowest BCUT2D eigenvalue weighted by Gasteiger charge is -2.35.